The average molecular weight is 301 g/mol. The van der Waals surface area contributed by atoms with E-state index >= 15 is 0 Å². The van der Waals surface area contributed by atoms with Gasteiger partial charge in [-0.05, 0) is 30.4 Å². The molecule has 118 valence electrons. The van der Waals surface area contributed by atoms with Gasteiger partial charge in [-0.3, -0.25) is 4.79 Å². The third-order valence-corrected chi connectivity index (χ3v) is 3.66. The largest absolute Gasteiger partial charge is 0.343 e. The molecule has 0 aliphatic carbocycles. The van der Waals surface area contributed by atoms with Gasteiger partial charge in [0.2, 0.25) is 12.3 Å². The molecule has 0 spiro atoms. The van der Waals surface area contributed by atoms with E-state index in [0.717, 1.165) is 12.0 Å². The lowest BCUT2D eigenvalue weighted by Crippen LogP contribution is -2.30. The van der Waals surface area contributed by atoms with Crippen LogP contribution in [0.2, 0.25) is 0 Å². The molecular weight excluding hydrogens is 278 g/mol. The molecule has 1 heterocycles. The number of likely N-dealkylation sites (N-methyl/N-ethyl adjacent to an activating group) is 1. The molecule has 1 atom stereocenters. The summed E-state index contributed by atoms with van der Waals surface area (Å²) in [6.07, 6.45) is 2.32. The molecule has 2 rings (SSSR count). The Balaban J connectivity index is 2.00. The van der Waals surface area contributed by atoms with E-state index in [9.17, 15) is 4.79 Å². The quantitative estimate of drug-likeness (QED) is 0.823. The Kier molecular flexibility index (Phi) is 5.31. The van der Waals surface area contributed by atoms with E-state index in [-0.39, 0.29) is 11.8 Å². The fourth-order valence-corrected chi connectivity index (χ4v) is 2.44. The molecule has 1 amide bonds. The van der Waals surface area contributed by atoms with Gasteiger partial charge in [0.1, 0.15) is 0 Å². The van der Waals surface area contributed by atoms with Crippen molar-refractivity contribution in [1.29, 1.82) is 0 Å². The Morgan fingerprint density at radius 3 is 2.45 bits per heavy atom. The second kappa shape index (κ2) is 7.20. The molecule has 0 aliphatic rings. The molecule has 0 saturated heterocycles. The first-order chi connectivity index (χ1) is 10.5. The molecule has 0 N–H and O–H groups in total. The number of nitrogens with zero attached hydrogens (tertiary/aromatic N) is 3. The standard InChI is InChI=1S/C17H23N3O2/c1-12(2)9-14-5-7-15(8-6-14)13(3)17(21)20(4)10-16-18-11-22-19-16/h5-8,11-13H,9-10H2,1-4H3/t13-/m0/s1. The molecule has 1 aromatic heterocycles. The molecule has 22 heavy (non-hydrogen) atoms. The number of aromatic nitrogens is 2. The van der Waals surface area contributed by atoms with Gasteiger partial charge in [-0.1, -0.05) is 43.3 Å². The molecule has 5 heteroatoms. The van der Waals surface area contributed by atoms with Gasteiger partial charge in [0.05, 0.1) is 12.5 Å². The highest BCUT2D eigenvalue weighted by atomic mass is 16.5. The zero-order valence-corrected chi connectivity index (χ0v) is 13.6. The van der Waals surface area contributed by atoms with E-state index in [1.807, 2.05) is 19.1 Å². The van der Waals surface area contributed by atoms with Crippen molar-refractivity contribution in [2.24, 2.45) is 5.92 Å². The van der Waals surface area contributed by atoms with Crippen molar-refractivity contribution in [3.05, 3.63) is 47.6 Å². The van der Waals surface area contributed by atoms with Gasteiger partial charge >= 0.3 is 0 Å². The summed E-state index contributed by atoms with van der Waals surface area (Å²) in [4.78, 5) is 18.0. The van der Waals surface area contributed by atoms with Crippen LogP contribution < -0.4 is 0 Å². The van der Waals surface area contributed by atoms with E-state index < -0.39 is 0 Å². The fraction of sp³-hybridized carbons (Fsp3) is 0.471. The van der Waals surface area contributed by atoms with Gasteiger partial charge in [0.25, 0.3) is 0 Å². The van der Waals surface area contributed by atoms with Crippen molar-refractivity contribution in [1.82, 2.24) is 15.0 Å². The third-order valence-electron chi connectivity index (χ3n) is 3.66. The molecule has 2 aromatic rings. The Morgan fingerprint density at radius 1 is 1.23 bits per heavy atom. The van der Waals surface area contributed by atoms with Crippen LogP contribution in [0.5, 0.6) is 0 Å². The second-order valence-corrected chi connectivity index (χ2v) is 6.10. The van der Waals surface area contributed by atoms with Gasteiger partial charge in [0.15, 0.2) is 5.82 Å². The first-order valence-electron chi connectivity index (χ1n) is 7.56. The SMILES string of the molecule is CC(C)Cc1ccc([C@H](C)C(=O)N(C)Cc2ncon2)cc1. The highest BCUT2D eigenvalue weighted by molar-refractivity contribution is 5.83. The Labute approximate surface area is 131 Å². The van der Waals surface area contributed by atoms with Crippen LogP contribution in [-0.2, 0) is 17.8 Å². The predicted molar refractivity (Wildman–Crippen MR) is 84.2 cm³/mol. The van der Waals surface area contributed by atoms with Crippen molar-refractivity contribution in [3.63, 3.8) is 0 Å². The zero-order chi connectivity index (χ0) is 16.1. The summed E-state index contributed by atoms with van der Waals surface area (Å²) in [5.74, 6) is 0.993. The van der Waals surface area contributed by atoms with Crippen LogP contribution >= 0.6 is 0 Å². The molecular formula is C17H23N3O2. The number of amides is 1. The number of rotatable bonds is 6. The van der Waals surface area contributed by atoms with Crippen LogP contribution in [0.15, 0.2) is 35.2 Å². The van der Waals surface area contributed by atoms with Gasteiger partial charge in [-0.15, -0.1) is 0 Å². The van der Waals surface area contributed by atoms with Crippen LogP contribution in [0.1, 0.15) is 43.6 Å². The first-order valence-corrected chi connectivity index (χ1v) is 7.56. The monoisotopic (exact) mass is 301 g/mol. The number of hydrogen-bond donors (Lipinski definition) is 0. The molecule has 0 radical (unpaired) electrons. The molecule has 0 bridgehead atoms. The summed E-state index contributed by atoms with van der Waals surface area (Å²) in [5.41, 5.74) is 2.33. The average Bonchev–Trinajstić information content (AvgIpc) is 2.98. The van der Waals surface area contributed by atoms with Crippen LogP contribution in [-0.4, -0.2) is 28.0 Å². The molecule has 5 nitrogen and oxygen atoms in total. The lowest BCUT2D eigenvalue weighted by Gasteiger charge is -2.20. The normalized spacial score (nSPS) is 12.4. The Bertz CT molecular complexity index is 591. The minimum atomic E-state index is -0.190. The van der Waals surface area contributed by atoms with Crippen molar-refractivity contribution in [3.8, 4) is 0 Å². The summed E-state index contributed by atoms with van der Waals surface area (Å²) in [7, 11) is 1.75. The van der Waals surface area contributed by atoms with Gasteiger partial charge < -0.3 is 9.42 Å². The highest BCUT2D eigenvalue weighted by Crippen LogP contribution is 2.20. The maximum Gasteiger partial charge on any atom is 0.229 e. The Morgan fingerprint density at radius 2 is 1.91 bits per heavy atom. The Hall–Kier alpha value is -2.17. The van der Waals surface area contributed by atoms with Crippen LogP contribution in [0, 0.1) is 5.92 Å². The van der Waals surface area contributed by atoms with Crippen molar-refractivity contribution in [2.75, 3.05) is 7.05 Å². The first kappa shape index (κ1) is 16.2. The minimum Gasteiger partial charge on any atom is -0.343 e. The molecule has 0 fully saturated rings. The fourth-order valence-electron chi connectivity index (χ4n) is 2.44. The maximum atomic E-state index is 12.5. The minimum absolute atomic E-state index is 0.0430. The summed E-state index contributed by atoms with van der Waals surface area (Å²) in [6, 6.07) is 8.31. The van der Waals surface area contributed by atoms with Crippen molar-refractivity contribution in [2.45, 2.75) is 39.7 Å². The number of carbonyl (C=O) groups excluding carboxylic acids is 1. The van der Waals surface area contributed by atoms with E-state index in [1.165, 1.54) is 12.0 Å². The highest BCUT2D eigenvalue weighted by Gasteiger charge is 2.20. The number of hydrogen-bond acceptors (Lipinski definition) is 4. The predicted octanol–water partition coefficient (Wildman–Crippen LogP) is 3.03. The number of carbonyl (C=O) groups is 1. The molecule has 1 aromatic carbocycles. The van der Waals surface area contributed by atoms with E-state index in [1.54, 1.807) is 11.9 Å². The molecule has 0 aliphatic heterocycles. The lowest BCUT2D eigenvalue weighted by atomic mass is 9.96. The van der Waals surface area contributed by atoms with E-state index in [2.05, 4.69) is 40.6 Å². The van der Waals surface area contributed by atoms with Crippen LogP contribution in [0.25, 0.3) is 0 Å². The van der Waals surface area contributed by atoms with Crippen molar-refractivity contribution >= 4 is 5.91 Å². The van der Waals surface area contributed by atoms with Crippen LogP contribution in [0.3, 0.4) is 0 Å². The van der Waals surface area contributed by atoms with Crippen LogP contribution in [0.4, 0.5) is 0 Å². The summed E-state index contributed by atoms with van der Waals surface area (Å²) in [6.45, 7) is 6.68. The third kappa shape index (κ3) is 4.16. The van der Waals surface area contributed by atoms with Gasteiger partial charge in [0, 0.05) is 7.05 Å². The summed E-state index contributed by atoms with van der Waals surface area (Å²) < 4.78 is 4.69. The summed E-state index contributed by atoms with van der Waals surface area (Å²) >= 11 is 0. The smallest absolute Gasteiger partial charge is 0.229 e. The van der Waals surface area contributed by atoms with Crippen molar-refractivity contribution < 1.29 is 9.32 Å². The lowest BCUT2D eigenvalue weighted by molar-refractivity contribution is -0.131. The van der Waals surface area contributed by atoms with Gasteiger partial charge in [-0.25, -0.2) is 0 Å². The maximum absolute atomic E-state index is 12.5. The van der Waals surface area contributed by atoms with E-state index in [4.69, 9.17) is 0 Å². The zero-order valence-electron chi connectivity index (χ0n) is 13.6. The van der Waals surface area contributed by atoms with E-state index in [0.29, 0.717) is 18.3 Å². The molecule has 0 unspecified atom stereocenters. The second-order valence-electron chi connectivity index (χ2n) is 6.10. The number of benzene rings is 1. The molecule has 0 saturated carbocycles. The van der Waals surface area contributed by atoms with Gasteiger partial charge in [-0.2, -0.15) is 4.98 Å². The topological polar surface area (TPSA) is 59.2 Å². The summed E-state index contributed by atoms with van der Waals surface area (Å²) in [5, 5.41) is 3.73.